The maximum absolute atomic E-state index is 14.3. The van der Waals surface area contributed by atoms with Crippen LogP contribution in [0.2, 0.25) is 0 Å². The average Bonchev–Trinajstić information content (AvgIpc) is 3.20. The lowest BCUT2D eigenvalue weighted by Gasteiger charge is -2.10. The topological polar surface area (TPSA) is 104 Å². The minimum absolute atomic E-state index is 0.246. The number of hydrogen-bond donors (Lipinski definition) is 2. The van der Waals surface area contributed by atoms with Gasteiger partial charge < -0.3 is 25.1 Å². The predicted molar refractivity (Wildman–Crippen MR) is 145 cm³/mol. The van der Waals surface area contributed by atoms with Gasteiger partial charge in [0.1, 0.15) is 22.7 Å². The number of benzene rings is 3. The maximum Gasteiger partial charge on any atom is 0.257 e. The fourth-order valence-corrected chi connectivity index (χ4v) is 4.55. The Morgan fingerprint density at radius 2 is 1.66 bits per heavy atom. The zero-order chi connectivity index (χ0) is 26.6. The molecule has 5 aromatic rings. The first kappa shape index (κ1) is 25.0. The fraction of sp³-hybridized carbons (Fsp3) is 0.207. The summed E-state index contributed by atoms with van der Waals surface area (Å²) in [5.74, 6) is 0.882. The van der Waals surface area contributed by atoms with Gasteiger partial charge in [-0.25, -0.2) is 14.4 Å². The van der Waals surface area contributed by atoms with Crippen LogP contribution in [0.1, 0.15) is 21.5 Å². The van der Waals surface area contributed by atoms with Gasteiger partial charge in [-0.2, -0.15) is 0 Å². The van der Waals surface area contributed by atoms with Crippen molar-refractivity contribution in [1.82, 2.24) is 19.9 Å². The van der Waals surface area contributed by atoms with Gasteiger partial charge in [-0.3, -0.25) is 4.79 Å². The first-order valence-electron chi connectivity index (χ1n) is 12.3. The minimum atomic E-state index is -0.345. The summed E-state index contributed by atoms with van der Waals surface area (Å²) in [4.78, 5) is 22.9. The molecule has 0 spiro atoms. The molecule has 0 bridgehead atoms. The van der Waals surface area contributed by atoms with Gasteiger partial charge >= 0.3 is 0 Å². The Morgan fingerprint density at radius 3 is 2.39 bits per heavy atom. The second-order valence-electron chi connectivity index (χ2n) is 8.83. The molecule has 3 aromatic carbocycles. The molecule has 0 radical (unpaired) electrons. The molecule has 0 atom stereocenters. The Morgan fingerprint density at radius 1 is 0.947 bits per heavy atom. The van der Waals surface area contributed by atoms with Crippen LogP contribution in [0.3, 0.4) is 0 Å². The molecule has 0 saturated carbocycles. The molecule has 2 aromatic heterocycles. The number of rotatable bonds is 9. The number of carbonyl (C=O) groups excluding carboxylic acids is 1. The van der Waals surface area contributed by atoms with E-state index in [4.69, 9.17) is 25.2 Å². The molecule has 194 valence electrons. The third-order valence-electron chi connectivity index (χ3n) is 6.53. The fourth-order valence-electron chi connectivity index (χ4n) is 4.55. The van der Waals surface area contributed by atoms with Crippen molar-refractivity contribution in [1.29, 1.82) is 0 Å². The van der Waals surface area contributed by atoms with Crippen LogP contribution in [-0.4, -0.2) is 41.2 Å². The number of nitrogen functional groups attached to an aromatic ring is 1. The zero-order valence-corrected chi connectivity index (χ0v) is 21.2. The number of ether oxygens (including phenoxy) is 2. The molecule has 0 aliphatic rings. The Labute approximate surface area is 219 Å². The van der Waals surface area contributed by atoms with Crippen LogP contribution in [0.15, 0.2) is 66.7 Å². The van der Waals surface area contributed by atoms with Crippen LogP contribution in [0.25, 0.3) is 22.2 Å². The number of para-hydroxylation sites is 2. The molecule has 8 nitrogen and oxygen atoms in total. The van der Waals surface area contributed by atoms with Crippen LogP contribution in [0.4, 0.5) is 10.2 Å². The van der Waals surface area contributed by atoms with E-state index in [1.165, 1.54) is 6.07 Å². The van der Waals surface area contributed by atoms with Crippen molar-refractivity contribution in [3.8, 4) is 11.5 Å². The molecule has 0 aliphatic carbocycles. The quantitative estimate of drug-likeness (QED) is 0.300. The second kappa shape index (κ2) is 10.8. The summed E-state index contributed by atoms with van der Waals surface area (Å²) >= 11 is 0. The molecule has 5 rings (SSSR count). The highest BCUT2D eigenvalue weighted by atomic mass is 19.1. The van der Waals surface area contributed by atoms with Gasteiger partial charge in [0.15, 0.2) is 17.1 Å². The monoisotopic (exact) mass is 513 g/mol. The smallest absolute Gasteiger partial charge is 0.257 e. The number of carbonyl (C=O) groups is 1. The van der Waals surface area contributed by atoms with E-state index in [1.54, 1.807) is 37.0 Å². The van der Waals surface area contributed by atoms with Crippen molar-refractivity contribution in [2.75, 3.05) is 26.5 Å². The molecule has 2 heterocycles. The third kappa shape index (κ3) is 4.82. The number of methoxy groups -OCH3 is 2. The number of amides is 1. The highest BCUT2D eigenvalue weighted by molar-refractivity contribution is 6.10. The number of anilines is 1. The van der Waals surface area contributed by atoms with Gasteiger partial charge in [0.2, 0.25) is 0 Å². The number of aromatic nitrogens is 3. The number of nitrogens with one attached hydrogen (secondary N) is 1. The van der Waals surface area contributed by atoms with Gasteiger partial charge in [-0.15, -0.1) is 0 Å². The number of aryl methyl sites for hydroxylation is 2. The minimum Gasteiger partial charge on any atom is -0.493 e. The van der Waals surface area contributed by atoms with E-state index in [-0.39, 0.29) is 23.1 Å². The van der Waals surface area contributed by atoms with E-state index in [0.29, 0.717) is 65.2 Å². The Bertz CT molecular complexity index is 1630. The number of nitrogens with zero attached hydrogens (tertiary/aromatic N) is 3. The Balaban J connectivity index is 1.43. The molecule has 3 N–H and O–H groups in total. The second-order valence-corrected chi connectivity index (χ2v) is 8.83. The molecule has 9 heteroatoms. The average molecular weight is 514 g/mol. The van der Waals surface area contributed by atoms with Crippen molar-refractivity contribution >= 4 is 33.9 Å². The van der Waals surface area contributed by atoms with Crippen molar-refractivity contribution in [3.05, 3.63) is 89.2 Å². The van der Waals surface area contributed by atoms with Crippen molar-refractivity contribution in [2.24, 2.45) is 0 Å². The van der Waals surface area contributed by atoms with Crippen molar-refractivity contribution in [3.63, 3.8) is 0 Å². The maximum atomic E-state index is 14.3. The normalized spacial score (nSPS) is 11.1. The Kier molecular flexibility index (Phi) is 7.08. The SMILES string of the molecule is COc1ccc(CCNC(=O)c2c(N)n(CCc3ccccc3F)c3nc4ccccc4nc23)cc1OC. The van der Waals surface area contributed by atoms with Crippen LogP contribution in [-0.2, 0) is 19.4 Å². The van der Waals surface area contributed by atoms with Gasteiger partial charge in [0, 0.05) is 13.1 Å². The summed E-state index contributed by atoms with van der Waals surface area (Å²) in [6.45, 7) is 0.714. The lowest BCUT2D eigenvalue weighted by Crippen LogP contribution is -2.26. The number of fused-ring (bicyclic) bond motifs is 2. The largest absolute Gasteiger partial charge is 0.493 e. The zero-order valence-electron chi connectivity index (χ0n) is 21.2. The summed E-state index contributed by atoms with van der Waals surface area (Å²) in [5.41, 5.74) is 10.6. The van der Waals surface area contributed by atoms with E-state index >= 15 is 0 Å². The van der Waals surface area contributed by atoms with Crippen LogP contribution < -0.4 is 20.5 Å². The molecular formula is C29H28FN5O3. The molecule has 0 aliphatic heterocycles. The first-order valence-corrected chi connectivity index (χ1v) is 12.3. The summed E-state index contributed by atoms with van der Waals surface area (Å²) < 4.78 is 26.7. The Hall–Kier alpha value is -4.66. The van der Waals surface area contributed by atoms with Gasteiger partial charge in [-0.1, -0.05) is 36.4 Å². The molecule has 0 saturated heterocycles. The lowest BCUT2D eigenvalue weighted by atomic mass is 10.1. The highest BCUT2D eigenvalue weighted by Gasteiger charge is 2.24. The standard InChI is InChI=1S/C29H28FN5O3/c1-37-23-12-11-18(17-24(23)38-2)13-15-32-29(36)25-26-28(34-22-10-6-5-9-21(22)33-26)35(27(25)31)16-14-19-7-3-4-8-20(19)30/h3-12,17H,13-16,31H2,1-2H3,(H,32,36). The molecule has 38 heavy (non-hydrogen) atoms. The summed E-state index contributed by atoms with van der Waals surface area (Å²) in [5, 5.41) is 2.96. The van der Waals surface area contributed by atoms with E-state index in [1.807, 2.05) is 42.5 Å². The van der Waals surface area contributed by atoms with E-state index in [2.05, 4.69) is 5.32 Å². The number of nitrogens with two attached hydrogens (primary N) is 1. The molecule has 0 unspecified atom stereocenters. The summed E-state index contributed by atoms with van der Waals surface area (Å²) in [6.07, 6.45) is 0.960. The van der Waals surface area contributed by atoms with Crippen LogP contribution >= 0.6 is 0 Å². The van der Waals surface area contributed by atoms with E-state index in [0.717, 1.165) is 5.56 Å². The van der Waals surface area contributed by atoms with Gasteiger partial charge in [-0.05, 0) is 54.3 Å². The molecule has 0 fully saturated rings. The van der Waals surface area contributed by atoms with E-state index in [9.17, 15) is 9.18 Å². The molecule has 1 amide bonds. The molecular weight excluding hydrogens is 485 g/mol. The van der Waals surface area contributed by atoms with Gasteiger partial charge in [0.25, 0.3) is 5.91 Å². The predicted octanol–water partition coefficient (Wildman–Crippen LogP) is 4.54. The van der Waals surface area contributed by atoms with Crippen LogP contribution in [0, 0.1) is 5.82 Å². The van der Waals surface area contributed by atoms with Crippen molar-refractivity contribution < 1.29 is 18.7 Å². The van der Waals surface area contributed by atoms with Crippen LogP contribution in [0.5, 0.6) is 11.5 Å². The first-order chi connectivity index (χ1) is 18.5. The highest BCUT2D eigenvalue weighted by Crippen LogP contribution is 2.29. The number of halogens is 1. The number of hydrogen-bond acceptors (Lipinski definition) is 6. The van der Waals surface area contributed by atoms with Gasteiger partial charge in [0.05, 0.1) is 25.3 Å². The van der Waals surface area contributed by atoms with Crippen molar-refractivity contribution in [2.45, 2.75) is 19.4 Å². The summed E-state index contributed by atoms with van der Waals surface area (Å²) in [7, 11) is 3.17. The third-order valence-corrected chi connectivity index (χ3v) is 6.53. The van der Waals surface area contributed by atoms with E-state index < -0.39 is 0 Å². The summed E-state index contributed by atoms with van der Waals surface area (Å²) in [6, 6.07) is 19.7. The lowest BCUT2D eigenvalue weighted by molar-refractivity contribution is 0.0956.